The Kier molecular flexibility index (Phi) is 4.06. The van der Waals surface area contributed by atoms with Crippen LogP contribution in [0.1, 0.15) is 37.0 Å². The number of benzene rings is 1. The highest BCUT2D eigenvalue weighted by atomic mass is 32.2. The van der Waals surface area contributed by atoms with Crippen LogP contribution in [0.25, 0.3) is 0 Å². The SMILES string of the molecule is CCN(CC)S(=O)(=O)c1cccc(C(=O)C2CC2)c1. The molecule has 0 bridgehead atoms. The molecule has 0 N–H and O–H groups in total. The molecule has 1 aromatic carbocycles. The van der Waals surface area contributed by atoms with Crippen molar-refractivity contribution in [1.29, 1.82) is 0 Å². The molecule has 0 aromatic heterocycles. The second-order valence-electron chi connectivity index (χ2n) is 4.76. The highest BCUT2D eigenvalue weighted by Crippen LogP contribution is 2.33. The van der Waals surface area contributed by atoms with E-state index in [1.165, 1.54) is 10.4 Å². The molecule has 0 spiro atoms. The van der Waals surface area contributed by atoms with E-state index in [1.54, 1.807) is 32.0 Å². The molecule has 104 valence electrons. The Labute approximate surface area is 114 Å². The van der Waals surface area contributed by atoms with Crippen molar-refractivity contribution in [3.05, 3.63) is 29.8 Å². The monoisotopic (exact) mass is 281 g/mol. The molecule has 1 aliphatic rings. The van der Waals surface area contributed by atoms with E-state index in [0.717, 1.165) is 12.8 Å². The molecule has 0 heterocycles. The predicted octanol–water partition coefficient (Wildman–Crippen LogP) is 2.31. The van der Waals surface area contributed by atoms with E-state index in [-0.39, 0.29) is 16.6 Å². The van der Waals surface area contributed by atoms with Gasteiger partial charge < -0.3 is 0 Å². The molecule has 0 atom stereocenters. The van der Waals surface area contributed by atoms with Gasteiger partial charge in [-0.1, -0.05) is 26.0 Å². The van der Waals surface area contributed by atoms with Crippen LogP contribution in [0.5, 0.6) is 0 Å². The lowest BCUT2D eigenvalue weighted by atomic mass is 10.1. The molecule has 19 heavy (non-hydrogen) atoms. The Hall–Kier alpha value is -1.20. The van der Waals surface area contributed by atoms with Crippen molar-refractivity contribution in [3.63, 3.8) is 0 Å². The maximum absolute atomic E-state index is 12.4. The van der Waals surface area contributed by atoms with Gasteiger partial charge in [-0.3, -0.25) is 4.79 Å². The van der Waals surface area contributed by atoms with Gasteiger partial charge in [-0.25, -0.2) is 8.42 Å². The summed E-state index contributed by atoms with van der Waals surface area (Å²) in [6.45, 7) is 4.47. The number of hydrogen-bond donors (Lipinski definition) is 0. The standard InChI is InChI=1S/C14H19NO3S/c1-3-15(4-2)19(17,18)13-7-5-6-12(10-13)14(16)11-8-9-11/h5-7,10-11H,3-4,8-9H2,1-2H3. The average molecular weight is 281 g/mol. The van der Waals surface area contributed by atoms with Gasteiger partial charge in [0.2, 0.25) is 10.0 Å². The molecule has 0 radical (unpaired) electrons. The number of carbonyl (C=O) groups excluding carboxylic acids is 1. The van der Waals surface area contributed by atoms with Crippen LogP contribution in [-0.2, 0) is 10.0 Å². The van der Waals surface area contributed by atoms with E-state index >= 15 is 0 Å². The van der Waals surface area contributed by atoms with Crippen molar-refractivity contribution in [2.24, 2.45) is 5.92 Å². The molecular weight excluding hydrogens is 262 g/mol. The minimum absolute atomic E-state index is 0.0663. The van der Waals surface area contributed by atoms with Crippen LogP contribution in [0.3, 0.4) is 0 Å². The van der Waals surface area contributed by atoms with Crippen molar-refractivity contribution in [1.82, 2.24) is 4.31 Å². The summed E-state index contributed by atoms with van der Waals surface area (Å²) in [6.07, 6.45) is 1.84. The summed E-state index contributed by atoms with van der Waals surface area (Å²) in [5.74, 6) is 0.169. The largest absolute Gasteiger partial charge is 0.294 e. The van der Waals surface area contributed by atoms with Crippen molar-refractivity contribution in [2.45, 2.75) is 31.6 Å². The lowest BCUT2D eigenvalue weighted by molar-refractivity contribution is 0.0967. The summed E-state index contributed by atoms with van der Waals surface area (Å²) in [7, 11) is -3.48. The quantitative estimate of drug-likeness (QED) is 0.752. The molecular formula is C14H19NO3S. The molecule has 4 nitrogen and oxygen atoms in total. The second-order valence-corrected chi connectivity index (χ2v) is 6.69. The first-order chi connectivity index (χ1) is 9.00. The van der Waals surface area contributed by atoms with Gasteiger partial charge in [-0.15, -0.1) is 0 Å². The fourth-order valence-corrected chi connectivity index (χ4v) is 3.61. The van der Waals surface area contributed by atoms with E-state index in [0.29, 0.717) is 18.7 Å². The third-order valence-corrected chi connectivity index (χ3v) is 5.46. The third-order valence-electron chi connectivity index (χ3n) is 3.41. The van der Waals surface area contributed by atoms with Crippen LogP contribution in [0.15, 0.2) is 29.2 Å². The van der Waals surface area contributed by atoms with Crippen LogP contribution in [-0.4, -0.2) is 31.6 Å². The van der Waals surface area contributed by atoms with Crippen molar-refractivity contribution in [3.8, 4) is 0 Å². The Bertz CT molecular complexity index is 572. The Morgan fingerprint density at radius 1 is 1.26 bits per heavy atom. The van der Waals surface area contributed by atoms with Gasteiger partial charge in [-0.2, -0.15) is 4.31 Å². The Morgan fingerprint density at radius 3 is 2.42 bits per heavy atom. The first kappa shape index (κ1) is 14.2. The van der Waals surface area contributed by atoms with Crippen molar-refractivity contribution >= 4 is 15.8 Å². The highest BCUT2D eigenvalue weighted by molar-refractivity contribution is 7.89. The predicted molar refractivity (Wildman–Crippen MR) is 73.6 cm³/mol. The minimum Gasteiger partial charge on any atom is -0.294 e. The third kappa shape index (κ3) is 2.87. The van der Waals surface area contributed by atoms with E-state index in [9.17, 15) is 13.2 Å². The summed E-state index contributed by atoms with van der Waals surface area (Å²) in [4.78, 5) is 12.2. The molecule has 1 saturated carbocycles. The van der Waals surface area contributed by atoms with Crippen molar-refractivity contribution in [2.75, 3.05) is 13.1 Å². The van der Waals surface area contributed by atoms with Gasteiger partial charge >= 0.3 is 0 Å². The maximum atomic E-state index is 12.4. The summed E-state index contributed by atoms with van der Waals surface area (Å²) < 4.78 is 26.1. The zero-order valence-electron chi connectivity index (χ0n) is 11.3. The van der Waals surface area contributed by atoms with E-state index in [4.69, 9.17) is 0 Å². The van der Waals surface area contributed by atoms with Gasteiger partial charge in [0, 0.05) is 24.6 Å². The van der Waals surface area contributed by atoms with Gasteiger partial charge in [0.25, 0.3) is 0 Å². The molecule has 1 fully saturated rings. The topological polar surface area (TPSA) is 54.5 Å². The molecule has 1 aromatic rings. The fraction of sp³-hybridized carbons (Fsp3) is 0.500. The first-order valence-corrected chi connectivity index (χ1v) is 8.09. The van der Waals surface area contributed by atoms with Crippen LogP contribution >= 0.6 is 0 Å². The summed E-state index contributed by atoms with van der Waals surface area (Å²) >= 11 is 0. The highest BCUT2D eigenvalue weighted by Gasteiger charge is 2.31. The van der Waals surface area contributed by atoms with Crippen molar-refractivity contribution < 1.29 is 13.2 Å². The molecule has 0 aliphatic heterocycles. The Balaban J connectivity index is 2.34. The number of Topliss-reactive ketones (excluding diaryl/α,β-unsaturated/α-hetero) is 1. The lowest BCUT2D eigenvalue weighted by Crippen LogP contribution is -2.30. The van der Waals surface area contributed by atoms with Crippen LogP contribution in [0.4, 0.5) is 0 Å². The van der Waals surface area contributed by atoms with Gasteiger partial charge in [-0.05, 0) is 25.0 Å². The van der Waals surface area contributed by atoms with Crippen LogP contribution < -0.4 is 0 Å². The zero-order valence-corrected chi connectivity index (χ0v) is 12.1. The Morgan fingerprint density at radius 2 is 1.89 bits per heavy atom. The van der Waals surface area contributed by atoms with E-state index in [1.807, 2.05) is 0 Å². The zero-order chi connectivity index (χ0) is 14.0. The number of nitrogens with zero attached hydrogens (tertiary/aromatic N) is 1. The number of hydrogen-bond acceptors (Lipinski definition) is 3. The molecule has 0 saturated heterocycles. The summed E-state index contributed by atoms with van der Waals surface area (Å²) in [5.41, 5.74) is 0.510. The summed E-state index contributed by atoms with van der Waals surface area (Å²) in [5, 5.41) is 0. The first-order valence-electron chi connectivity index (χ1n) is 6.65. The minimum atomic E-state index is -3.48. The number of sulfonamides is 1. The summed E-state index contributed by atoms with van der Waals surface area (Å²) in [6, 6.07) is 6.40. The molecule has 0 amide bonds. The molecule has 5 heteroatoms. The molecule has 2 rings (SSSR count). The van der Waals surface area contributed by atoms with Crippen LogP contribution in [0.2, 0.25) is 0 Å². The van der Waals surface area contributed by atoms with Gasteiger partial charge in [0.1, 0.15) is 0 Å². The fourth-order valence-electron chi connectivity index (χ4n) is 2.10. The smallest absolute Gasteiger partial charge is 0.243 e. The second kappa shape index (κ2) is 5.43. The van der Waals surface area contributed by atoms with Crippen LogP contribution in [0, 0.1) is 5.92 Å². The van der Waals surface area contributed by atoms with E-state index < -0.39 is 10.0 Å². The maximum Gasteiger partial charge on any atom is 0.243 e. The van der Waals surface area contributed by atoms with Gasteiger partial charge in [0.15, 0.2) is 5.78 Å². The molecule has 1 aliphatic carbocycles. The number of ketones is 1. The number of carbonyl (C=O) groups is 1. The number of rotatable bonds is 6. The van der Waals surface area contributed by atoms with E-state index in [2.05, 4.69) is 0 Å². The molecule has 0 unspecified atom stereocenters. The normalized spacial score (nSPS) is 15.7. The average Bonchev–Trinajstić information content (AvgIpc) is 3.23. The lowest BCUT2D eigenvalue weighted by Gasteiger charge is -2.18. The van der Waals surface area contributed by atoms with Gasteiger partial charge in [0.05, 0.1) is 4.90 Å².